The molecule has 1 heterocycles. The SMILES string of the molecule is CCCCOCC(O)CNCc1ccc(CC)s1. The van der Waals surface area contributed by atoms with Crippen LogP contribution >= 0.6 is 11.3 Å². The van der Waals surface area contributed by atoms with E-state index < -0.39 is 6.10 Å². The first kappa shape index (κ1) is 15.6. The van der Waals surface area contributed by atoms with E-state index >= 15 is 0 Å². The first-order valence-electron chi connectivity index (χ1n) is 6.80. The van der Waals surface area contributed by atoms with Crippen molar-refractivity contribution >= 4 is 11.3 Å². The first-order chi connectivity index (χ1) is 8.76. The molecule has 0 radical (unpaired) electrons. The Kier molecular flexibility index (Phi) is 8.25. The number of nitrogens with one attached hydrogen (secondary N) is 1. The Labute approximate surface area is 114 Å². The number of aliphatic hydroxyl groups is 1. The summed E-state index contributed by atoms with van der Waals surface area (Å²) in [7, 11) is 0. The number of rotatable bonds is 10. The summed E-state index contributed by atoms with van der Waals surface area (Å²) >= 11 is 1.83. The van der Waals surface area contributed by atoms with Crippen LogP contribution in [-0.2, 0) is 17.7 Å². The third-order valence-corrected chi connectivity index (χ3v) is 3.93. The number of aryl methyl sites for hydroxylation is 1. The quantitative estimate of drug-likeness (QED) is 0.643. The molecular weight excluding hydrogens is 246 g/mol. The molecule has 4 heteroatoms. The minimum atomic E-state index is -0.410. The molecule has 2 N–H and O–H groups in total. The molecule has 1 rings (SSSR count). The van der Waals surface area contributed by atoms with Gasteiger partial charge >= 0.3 is 0 Å². The van der Waals surface area contributed by atoms with E-state index in [-0.39, 0.29) is 0 Å². The summed E-state index contributed by atoms with van der Waals surface area (Å²) in [6.45, 7) is 6.89. The average molecular weight is 271 g/mol. The summed E-state index contributed by atoms with van der Waals surface area (Å²) in [6.07, 6.45) is 2.88. The van der Waals surface area contributed by atoms with E-state index in [4.69, 9.17) is 4.74 Å². The van der Waals surface area contributed by atoms with Crippen molar-refractivity contribution in [3.63, 3.8) is 0 Å². The van der Waals surface area contributed by atoms with Crippen LogP contribution in [0.5, 0.6) is 0 Å². The van der Waals surface area contributed by atoms with Gasteiger partial charge in [0.1, 0.15) is 0 Å². The largest absolute Gasteiger partial charge is 0.389 e. The summed E-state index contributed by atoms with van der Waals surface area (Å²) in [5.74, 6) is 0. The highest BCUT2D eigenvalue weighted by atomic mass is 32.1. The fourth-order valence-corrected chi connectivity index (χ4v) is 2.52. The molecule has 0 aliphatic rings. The average Bonchev–Trinajstić information content (AvgIpc) is 2.83. The van der Waals surface area contributed by atoms with Gasteiger partial charge in [0.15, 0.2) is 0 Å². The van der Waals surface area contributed by atoms with Crippen molar-refractivity contribution in [2.24, 2.45) is 0 Å². The van der Waals surface area contributed by atoms with E-state index in [1.807, 2.05) is 11.3 Å². The Balaban J connectivity index is 2.05. The maximum absolute atomic E-state index is 9.69. The van der Waals surface area contributed by atoms with Gasteiger partial charge in [0.2, 0.25) is 0 Å². The van der Waals surface area contributed by atoms with Crippen molar-refractivity contribution in [3.05, 3.63) is 21.9 Å². The molecule has 0 spiro atoms. The molecule has 0 aliphatic carbocycles. The summed E-state index contributed by atoms with van der Waals surface area (Å²) in [5, 5.41) is 13.0. The Hall–Kier alpha value is -0.420. The third-order valence-electron chi connectivity index (χ3n) is 2.70. The summed E-state index contributed by atoms with van der Waals surface area (Å²) in [4.78, 5) is 2.74. The number of unbranched alkanes of at least 4 members (excludes halogenated alkanes) is 1. The number of thiophene rings is 1. The van der Waals surface area contributed by atoms with E-state index in [9.17, 15) is 5.11 Å². The lowest BCUT2D eigenvalue weighted by atomic mass is 10.3. The fraction of sp³-hybridized carbons (Fsp3) is 0.714. The molecule has 0 aliphatic heterocycles. The van der Waals surface area contributed by atoms with E-state index in [2.05, 4.69) is 31.3 Å². The molecule has 1 aromatic heterocycles. The van der Waals surface area contributed by atoms with Crippen LogP contribution in [-0.4, -0.2) is 31.0 Å². The molecule has 1 aromatic rings. The van der Waals surface area contributed by atoms with Crippen molar-refractivity contribution in [3.8, 4) is 0 Å². The molecule has 104 valence electrons. The van der Waals surface area contributed by atoms with Crippen LogP contribution in [0.3, 0.4) is 0 Å². The molecule has 0 saturated carbocycles. The molecule has 1 unspecified atom stereocenters. The van der Waals surface area contributed by atoms with Gasteiger partial charge in [0.05, 0.1) is 12.7 Å². The van der Waals surface area contributed by atoms with Crippen LogP contribution < -0.4 is 5.32 Å². The lowest BCUT2D eigenvalue weighted by Gasteiger charge is -2.11. The highest BCUT2D eigenvalue weighted by Gasteiger charge is 2.04. The molecular formula is C14H25NO2S. The Morgan fingerprint density at radius 1 is 1.33 bits per heavy atom. The molecule has 1 atom stereocenters. The minimum Gasteiger partial charge on any atom is -0.389 e. The van der Waals surface area contributed by atoms with E-state index in [1.54, 1.807) is 0 Å². The number of aliphatic hydroxyl groups excluding tert-OH is 1. The van der Waals surface area contributed by atoms with Gasteiger partial charge in [0, 0.05) is 29.5 Å². The van der Waals surface area contributed by atoms with Gasteiger partial charge in [-0.1, -0.05) is 20.3 Å². The molecule has 0 amide bonds. The van der Waals surface area contributed by atoms with Crippen LogP contribution in [0.2, 0.25) is 0 Å². The molecule has 0 bridgehead atoms. The highest BCUT2D eigenvalue weighted by molar-refractivity contribution is 7.11. The Morgan fingerprint density at radius 2 is 2.11 bits per heavy atom. The normalized spacial score (nSPS) is 12.8. The second-order valence-corrected chi connectivity index (χ2v) is 5.69. The van der Waals surface area contributed by atoms with E-state index in [0.717, 1.165) is 32.4 Å². The van der Waals surface area contributed by atoms with Crippen LogP contribution in [0, 0.1) is 0 Å². The minimum absolute atomic E-state index is 0.410. The maximum Gasteiger partial charge on any atom is 0.0897 e. The fourth-order valence-electron chi connectivity index (χ4n) is 1.59. The smallest absolute Gasteiger partial charge is 0.0897 e. The maximum atomic E-state index is 9.69. The van der Waals surface area contributed by atoms with Crippen molar-refractivity contribution in [1.29, 1.82) is 0 Å². The highest BCUT2D eigenvalue weighted by Crippen LogP contribution is 2.16. The van der Waals surface area contributed by atoms with Gasteiger partial charge in [-0.15, -0.1) is 11.3 Å². The monoisotopic (exact) mass is 271 g/mol. The predicted molar refractivity (Wildman–Crippen MR) is 77.1 cm³/mol. The lowest BCUT2D eigenvalue weighted by molar-refractivity contribution is 0.0358. The molecule has 0 fully saturated rings. The van der Waals surface area contributed by atoms with Gasteiger partial charge in [-0.05, 0) is 25.0 Å². The van der Waals surface area contributed by atoms with E-state index in [1.165, 1.54) is 9.75 Å². The number of ether oxygens (including phenoxy) is 1. The standard InChI is InChI=1S/C14H25NO2S/c1-3-5-8-17-11-12(16)9-15-10-14-7-6-13(4-2)18-14/h6-7,12,15-16H,3-5,8-11H2,1-2H3. The number of hydrogen-bond donors (Lipinski definition) is 2. The predicted octanol–water partition coefficient (Wildman–Crippen LogP) is 2.58. The molecule has 3 nitrogen and oxygen atoms in total. The van der Waals surface area contributed by atoms with Crippen molar-refractivity contribution in [2.75, 3.05) is 19.8 Å². The lowest BCUT2D eigenvalue weighted by Crippen LogP contribution is -2.30. The number of hydrogen-bond acceptors (Lipinski definition) is 4. The molecule has 0 saturated heterocycles. The van der Waals surface area contributed by atoms with Gasteiger partial charge in [-0.3, -0.25) is 0 Å². The van der Waals surface area contributed by atoms with Crippen LogP contribution in [0.15, 0.2) is 12.1 Å². The molecule has 0 aromatic carbocycles. The second-order valence-electron chi connectivity index (χ2n) is 4.43. The zero-order chi connectivity index (χ0) is 13.2. The van der Waals surface area contributed by atoms with Crippen LogP contribution in [0.25, 0.3) is 0 Å². The van der Waals surface area contributed by atoms with Gasteiger partial charge in [0.25, 0.3) is 0 Å². The second kappa shape index (κ2) is 9.50. The van der Waals surface area contributed by atoms with Gasteiger partial charge < -0.3 is 15.2 Å². The Morgan fingerprint density at radius 3 is 2.78 bits per heavy atom. The molecule has 18 heavy (non-hydrogen) atoms. The topological polar surface area (TPSA) is 41.5 Å². The zero-order valence-corrected chi connectivity index (χ0v) is 12.3. The van der Waals surface area contributed by atoms with Crippen molar-refractivity contribution in [1.82, 2.24) is 5.32 Å². The van der Waals surface area contributed by atoms with Crippen LogP contribution in [0.1, 0.15) is 36.4 Å². The summed E-state index contributed by atoms with van der Waals surface area (Å²) in [6, 6.07) is 4.33. The van der Waals surface area contributed by atoms with Gasteiger partial charge in [-0.25, -0.2) is 0 Å². The summed E-state index contributed by atoms with van der Waals surface area (Å²) in [5.41, 5.74) is 0. The Bertz CT molecular complexity index is 314. The third kappa shape index (κ3) is 6.50. The van der Waals surface area contributed by atoms with Crippen molar-refractivity contribution in [2.45, 2.75) is 45.8 Å². The van der Waals surface area contributed by atoms with E-state index in [0.29, 0.717) is 13.2 Å². The summed E-state index contributed by atoms with van der Waals surface area (Å²) < 4.78 is 5.37. The van der Waals surface area contributed by atoms with Crippen molar-refractivity contribution < 1.29 is 9.84 Å². The zero-order valence-electron chi connectivity index (χ0n) is 11.4. The van der Waals surface area contributed by atoms with Crippen LogP contribution in [0.4, 0.5) is 0 Å². The first-order valence-corrected chi connectivity index (χ1v) is 7.62. The van der Waals surface area contributed by atoms with Gasteiger partial charge in [-0.2, -0.15) is 0 Å².